The van der Waals surface area contributed by atoms with E-state index in [0.29, 0.717) is 0 Å². The van der Waals surface area contributed by atoms with Crippen LogP contribution in [0, 0.1) is 19.3 Å². The monoisotopic (exact) mass is 358 g/mol. The van der Waals surface area contributed by atoms with E-state index in [1.54, 1.807) is 11.3 Å². The van der Waals surface area contributed by atoms with E-state index < -0.39 is 0 Å². The highest BCUT2D eigenvalue weighted by atomic mass is 32.1. The molecule has 4 nitrogen and oxygen atoms in total. The number of carbonyl (C=O) groups excluding carboxylic acids is 1. The van der Waals surface area contributed by atoms with Crippen LogP contribution in [0.3, 0.4) is 0 Å². The molecule has 5 heteroatoms. The van der Waals surface area contributed by atoms with E-state index in [1.165, 1.54) is 12.8 Å². The molecule has 0 aromatic carbocycles. The Bertz CT molecular complexity index is 765. The molecule has 2 fully saturated rings. The van der Waals surface area contributed by atoms with Gasteiger partial charge in [-0.3, -0.25) is 9.69 Å². The van der Waals surface area contributed by atoms with Crippen LogP contribution < -0.4 is 0 Å². The Morgan fingerprint density at radius 3 is 2.80 bits per heavy atom. The van der Waals surface area contributed by atoms with E-state index in [9.17, 15) is 4.79 Å². The Balaban J connectivity index is 1.42. The lowest BCUT2D eigenvalue weighted by Crippen LogP contribution is -2.44. The van der Waals surface area contributed by atoms with Gasteiger partial charge in [-0.05, 0) is 68.8 Å². The zero-order valence-electron chi connectivity index (χ0n) is 15.1. The summed E-state index contributed by atoms with van der Waals surface area (Å²) in [7, 11) is 0. The summed E-state index contributed by atoms with van der Waals surface area (Å²) in [5.41, 5.74) is 1.37. The quantitative estimate of drug-likeness (QED) is 0.829. The van der Waals surface area contributed by atoms with Gasteiger partial charge in [0.2, 0.25) is 0 Å². The van der Waals surface area contributed by atoms with Crippen LogP contribution >= 0.6 is 11.3 Å². The highest BCUT2D eigenvalue weighted by Crippen LogP contribution is 2.40. The number of thiophene rings is 1. The summed E-state index contributed by atoms with van der Waals surface area (Å²) in [5, 5.41) is 2.02. The predicted molar refractivity (Wildman–Crippen MR) is 100.0 cm³/mol. The van der Waals surface area contributed by atoms with Crippen molar-refractivity contribution in [3.05, 3.63) is 45.5 Å². The first-order valence-corrected chi connectivity index (χ1v) is 10.0. The van der Waals surface area contributed by atoms with Crippen LogP contribution in [0.5, 0.6) is 0 Å². The molecule has 4 heterocycles. The van der Waals surface area contributed by atoms with Gasteiger partial charge in [0.25, 0.3) is 5.91 Å². The van der Waals surface area contributed by atoms with Crippen LogP contribution in [-0.2, 0) is 6.54 Å². The van der Waals surface area contributed by atoms with Gasteiger partial charge < -0.3 is 9.32 Å². The number of likely N-dealkylation sites (tertiary alicyclic amines) is 2. The molecule has 2 aliphatic rings. The van der Waals surface area contributed by atoms with Gasteiger partial charge in [-0.25, -0.2) is 0 Å². The van der Waals surface area contributed by atoms with E-state index in [4.69, 9.17) is 4.42 Å². The van der Waals surface area contributed by atoms with Crippen molar-refractivity contribution in [3.8, 4) is 0 Å². The van der Waals surface area contributed by atoms with Gasteiger partial charge in [-0.15, -0.1) is 11.3 Å². The van der Waals surface area contributed by atoms with E-state index in [0.717, 1.165) is 61.1 Å². The lowest BCUT2D eigenvalue weighted by molar-refractivity contribution is 0.0661. The van der Waals surface area contributed by atoms with Crippen molar-refractivity contribution in [1.82, 2.24) is 9.80 Å². The zero-order valence-corrected chi connectivity index (χ0v) is 15.9. The molecule has 2 aliphatic heterocycles. The third-order valence-electron chi connectivity index (χ3n) is 5.70. The van der Waals surface area contributed by atoms with Crippen molar-refractivity contribution < 1.29 is 9.21 Å². The first-order chi connectivity index (χ1) is 12.0. The number of furan rings is 1. The molecule has 2 aromatic rings. The minimum atomic E-state index is 0.225. The summed E-state index contributed by atoms with van der Waals surface area (Å²) in [6, 6.07) is 6.16. The van der Waals surface area contributed by atoms with Crippen LogP contribution in [0.15, 0.2) is 28.0 Å². The van der Waals surface area contributed by atoms with Crippen molar-refractivity contribution in [3.63, 3.8) is 0 Å². The minimum absolute atomic E-state index is 0.225. The summed E-state index contributed by atoms with van der Waals surface area (Å²) in [5.74, 6) is 2.25. The maximum absolute atomic E-state index is 12.8. The molecule has 1 atom stereocenters. The summed E-state index contributed by atoms with van der Waals surface area (Å²) < 4.78 is 5.75. The maximum atomic E-state index is 12.8. The van der Waals surface area contributed by atoms with E-state index in [2.05, 4.69) is 15.9 Å². The topological polar surface area (TPSA) is 36.7 Å². The number of hydrogen-bond donors (Lipinski definition) is 0. The SMILES string of the molecule is Cc1ccc(CN2CCC[C@]3(CCN(C(=O)c4sccc4C)C3)C2)o1. The number of rotatable bonds is 3. The third kappa shape index (κ3) is 3.40. The molecule has 2 saturated heterocycles. The zero-order chi connectivity index (χ0) is 17.4. The van der Waals surface area contributed by atoms with Gasteiger partial charge in [0.15, 0.2) is 0 Å². The summed E-state index contributed by atoms with van der Waals surface area (Å²) >= 11 is 1.57. The van der Waals surface area contributed by atoms with Crippen molar-refractivity contribution in [2.24, 2.45) is 5.41 Å². The summed E-state index contributed by atoms with van der Waals surface area (Å²) in [4.78, 5) is 18.3. The number of aryl methyl sites for hydroxylation is 2. The van der Waals surface area contributed by atoms with Crippen LogP contribution in [0.4, 0.5) is 0 Å². The molecule has 0 bridgehead atoms. The minimum Gasteiger partial charge on any atom is -0.465 e. The Hall–Kier alpha value is -1.59. The lowest BCUT2D eigenvalue weighted by Gasteiger charge is -2.40. The molecule has 2 aromatic heterocycles. The second-order valence-corrected chi connectivity index (χ2v) is 8.65. The van der Waals surface area contributed by atoms with Crippen molar-refractivity contribution in [2.45, 2.75) is 39.7 Å². The Morgan fingerprint density at radius 2 is 2.08 bits per heavy atom. The van der Waals surface area contributed by atoms with Gasteiger partial charge in [-0.1, -0.05) is 0 Å². The summed E-state index contributed by atoms with van der Waals surface area (Å²) in [6.45, 7) is 8.89. The third-order valence-corrected chi connectivity index (χ3v) is 6.70. The van der Waals surface area contributed by atoms with Crippen molar-refractivity contribution in [1.29, 1.82) is 0 Å². The fraction of sp³-hybridized carbons (Fsp3) is 0.550. The standard InChI is InChI=1S/C20H26N2O2S/c1-15-6-11-25-18(15)19(23)22-10-8-20(14-22)7-3-9-21(13-20)12-17-5-4-16(2)24-17/h4-6,11H,3,7-10,12-14H2,1-2H3/t20-/m0/s1. The van der Waals surface area contributed by atoms with Gasteiger partial charge in [0, 0.05) is 25.0 Å². The molecule has 4 rings (SSSR count). The van der Waals surface area contributed by atoms with Gasteiger partial charge in [0.1, 0.15) is 11.5 Å². The second kappa shape index (κ2) is 6.61. The van der Waals surface area contributed by atoms with Crippen LogP contribution in [-0.4, -0.2) is 41.9 Å². The average Bonchev–Trinajstić information content (AvgIpc) is 3.29. The van der Waals surface area contributed by atoms with Crippen LogP contribution in [0.2, 0.25) is 0 Å². The Labute approximate surface area is 153 Å². The van der Waals surface area contributed by atoms with Crippen molar-refractivity contribution in [2.75, 3.05) is 26.2 Å². The number of carbonyl (C=O) groups is 1. The largest absolute Gasteiger partial charge is 0.465 e. The normalized spacial score (nSPS) is 24.3. The average molecular weight is 359 g/mol. The lowest BCUT2D eigenvalue weighted by atomic mass is 9.79. The molecular formula is C20H26N2O2S. The van der Waals surface area contributed by atoms with Crippen LogP contribution in [0.25, 0.3) is 0 Å². The molecule has 25 heavy (non-hydrogen) atoms. The molecular weight excluding hydrogens is 332 g/mol. The molecule has 0 N–H and O–H groups in total. The second-order valence-electron chi connectivity index (χ2n) is 7.74. The van der Waals surface area contributed by atoms with E-state index >= 15 is 0 Å². The number of piperidine rings is 1. The highest BCUT2D eigenvalue weighted by Gasteiger charge is 2.43. The Morgan fingerprint density at radius 1 is 1.20 bits per heavy atom. The number of hydrogen-bond acceptors (Lipinski definition) is 4. The number of nitrogens with zero attached hydrogens (tertiary/aromatic N) is 2. The van der Waals surface area contributed by atoms with Gasteiger partial charge in [0.05, 0.1) is 11.4 Å². The van der Waals surface area contributed by atoms with Crippen LogP contribution in [0.1, 0.15) is 46.0 Å². The highest BCUT2D eigenvalue weighted by molar-refractivity contribution is 7.12. The molecule has 0 unspecified atom stereocenters. The van der Waals surface area contributed by atoms with Gasteiger partial charge >= 0.3 is 0 Å². The van der Waals surface area contributed by atoms with E-state index in [1.807, 2.05) is 31.4 Å². The predicted octanol–water partition coefficient (Wildman–Crippen LogP) is 4.09. The first-order valence-electron chi connectivity index (χ1n) is 9.16. The first kappa shape index (κ1) is 16.9. The molecule has 0 saturated carbocycles. The van der Waals surface area contributed by atoms with Crippen molar-refractivity contribution >= 4 is 17.2 Å². The maximum Gasteiger partial charge on any atom is 0.264 e. The molecule has 1 amide bonds. The molecule has 134 valence electrons. The fourth-order valence-corrected chi connectivity index (χ4v) is 5.30. The smallest absolute Gasteiger partial charge is 0.264 e. The molecule has 0 aliphatic carbocycles. The van der Waals surface area contributed by atoms with Gasteiger partial charge in [-0.2, -0.15) is 0 Å². The molecule has 0 radical (unpaired) electrons. The summed E-state index contributed by atoms with van der Waals surface area (Å²) in [6.07, 6.45) is 3.56. The fourth-order valence-electron chi connectivity index (χ4n) is 4.41. The molecule has 1 spiro atoms. The van der Waals surface area contributed by atoms with E-state index in [-0.39, 0.29) is 11.3 Å². The number of amides is 1. The Kier molecular flexibility index (Phi) is 4.46.